The van der Waals surface area contributed by atoms with Crippen molar-refractivity contribution in [3.8, 4) is 0 Å². The molecule has 24 heavy (non-hydrogen) atoms. The molecule has 124 valence electrons. The van der Waals surface area contributed by atoms with Crippen LogP contribution < -0.4 is 4.90 Å². The van der Waals surface area contributed by atoms with E-state index in [2.05, 4.69) is 79.2 Å². The summed E-state index contributed by atoms with van der Waals surface area (Å²) < 4.78 is 1.92. The molecule has 4 nitrogen and oxygen atoms in total. The monoisotopic (exact) mass is 320 g/mol. The van der Waals surface area contributed by atoms with Crippen LogP contribution in [0, 0.1) is 0 Å². The van der Waals surface area contributed by atoms with Gasteiger partial charge in [0.1, 0.15) is 6.33 Å². The van der Waals surface area contributed by atoms with Gasteiger partial charge < -0.3 is 4.90 Å². The molecule has 0 amide bonds. The average Bonchev–Trinajstić information content (AvgIpc) is 3.06. The van der Waals surface area contributed by atoms with Gasteiger partial charge in [-0.3, -0.25) is 0 Å². The van der Waals surface area contributed by atoms with Crippen LogP contribution in [0.1, 0.15) is 31.9 Å². The Morgan fingerprint density at radius 3 is 1.75 bits per heavy atom. The minimum absolute atomic E-state index is 0.0730. The number of rotatable bonds is 5. The van der Waals surface area contributed by atoms with E-state index in [0.717, 1.165) is 19.0 Å². The first-order chi connectivity index (χ1) is 11.5. The average molecular weight is 320 g/mol. The van der Waals surface area contributed by atoms with Crippen LogP contribution in [0.2, 0.25) is 0 Å². The Morgan fingerprint density at radius 1 is 0.833 bits per heavy atom. The number of nitrogens with zero attached hydrogens (tertiary/aromatic N) is 4. The van der Waals surface area contributed by atoms with E-state index in [9.17, 15) is 0 Å². The van der Waals surface area contributed by atoms with Crippen LogP contribution in [0.5, 0.6) is 0 Å². The zero-order chi connectivity index (χ0) is 17.0. The van der Waals surface area contributed by atoms with Gasteiger partial charge >= 0.3 is 0 Å². The summed E-state index contributed by atoms with van der Waals surface area (Å²) in [5.41, 5.74) is 2.43. The van der Waals surface area contributed by atoms with Crippen molar-refractivity contribution in [2.75, 3.05) is 4.90 Å². The molecular formula is C20H24N4. The first kappa shape index (κ1) is 16.2. The summed E-state index contributed by atoms with van der Waals surface area (Å²) in [5.74, 6) is 0.762. The van der Waals surface area contributed by atoms with Gasteiger partial charge in [-0.2, -0.15) is 0 Å². The highest BCUT2D eigenvalue weighted by Gasteiger charge is 2.18. The summed E-state index contributed by atoms with van der Waals surface area (Å²) in [6.45, 7) is 7.95. The number of benzene rings is 2. The van der Waals surface area contributed by atoms with Crippen LogP contribution in [0.4, 0.5) is 5.95 Å². The minimum atomic E-state index is -0.0730. The lowest BCUT2D eigenvalue weighted by Gasteiger charge is -2.22. The van der Waals surface area contributed by atoms with Crippen molar-refractivity contribution in [2.45, 2.75) is 39.4 Å². The molecule has 0 aliphatic rings. The zero-order valence-corrected chi connectivity index (χ0v) is 14.6. The van der Waals surface area contributed by atoms with Crippen LogP contribution in [-0.2, 0) is 18.6 Å². The quantitative estimate of drug-likeness (QED) is 0.705. The van der Waals surface area contributed by atoms with E-state index in [1.807, 2.05) is 23.1 Å². The van der Waals surface area contributed by atoms with E-state index < -0.39 is 0 Å². The molecule has 0 spiro atoms. The predicted octanol–water partition coefficient (Wildman–Crippen LogP) is 4.24. The fourth-order valence-corrected chi connectivity index (χ4v) is 2.53. The third kappa shape index (κ3) is 4.02. The molecule has 3 aromatic rings. The zero-order valence-electron chi connectivity index (χ0n) is 14.6. The lowest BCUT2D eigenvalue weighted by atomic mass is 10.1. The maximum Gasteiger partial charge on any atom is 0.245 e. The summed E-state index contributed by atoms with van der Waals surface area (Å²) in [7, 11) is 0. The highest BCUT2D eigenvalue weighted by Crippen LogP contribution is 2.19. The first-order valence-electron chi connectivity index (χ1n) is 8.27. The standard InChI is InChI=1S/C20H24N4/c1-20(2,3)24-16-21-19(22-24)23(14-17-10-6-4-7-11-17)15-18-12-8-5-9-13-18/h4-13,16H,14-15H2,1-3H3. The number of hydrogen-bond acceptors (Lipinski definition) is 3. The molecule has 0 radical (unpaired) electrons. The molecule has 1 aromatic heterocycles. The third-order valence-electron chi connectivity index (χ3n) is 3.88. The lowest BCUT2D eigenvalue weighted by Crippen LogP contribution is -2.26. The van der Waals surface area contributed by atoms with E-state index in [1.54, 1.807) is 0 Å². The molecule has 1 heterocycles. The molecule has 0 unspecified atom stereocenters. The number of hydrogen-bond donors (Lipinski definition) is 0. The molecule has 0 saturated carbocycles. The second-order valence-electron chi connectivity index (χ2n) is 6.99. The SMILES string of the molecule is CC(C)(C)n1cnc(N(Cc2ccccc2)Cc2ccccc2)n1. The van der Waals surface area contributed by atoms with Gasteiger partial charge in [-0.25, -0.2) is 9.67 Å². The summed E-state index contributed by atoms with van der Waals surface area (Å²) in [6, 6.07) is 20.9. The smallest absolute Gasteiger partial charge is 0.245 e. The molecule has 0 fully saturated rings. The van der Waals surface area contributed by atoms with Crippen molar-refractivity contribution in [3.63, 3.8) is 0 Å². The van der Waals surface area contributed by atoms with Crippen LogP contribution in [0.25, 0.3) is 0 Å². The van der Waals surface area contributed by atoms with Crippen molar-refractivity contribution < 1.29 is 0 Å². The highest BCUT2D eigenvalue weighted by molar-refractivity contribution is 5.33. The second kappa shape index (κ2) is 6.87. The fourth-order valence-electron chi connectivity index (χ4n) is 2.53. The van der Waals surface area contributed by atoms with Gasteiger partial charge in [0.2, 0.25) is 5.95 Å². The highest BCUT2D eigenvalue weighted by atomic mass is 15.4. The van der Waals surface area contributed by atoms with Crippen molar-refractivity contribution in [1.82, 2.24) is 14.8 Å². The normalized spacial score (nSPS) is 11.5. The Bertz CT molecular complexity index is 716. The van der Waals surface area contributed by atoms with E-state index >= 15 is 0 Å². The molecule has 0 N–H and O–H groups in total. The molecule has 0 atom stereocenters. The Hall–Kier alpha value is -2.62. The topological polar surface area (TPSA) is 34.0 Å². The molecule has 2 aromatic carbocycles. The van der Waals surface area contributed by atoms with Crippen LogP contribution in [-0.4, -0.2) is 14.8 Å². The Morgan fingerprint density at radius 2 is 1.33 bits per heavy atom. The van der Waals surface area contributed by atoms with Crippen molar-refractivity contribution in [1.29, 1.82) is 0 Å². The van der Waals surface area contributed by atoms with Crippen LogP contribution >= 0.6 is 0 Å². The number of aromatic nitrogens is 3. The van der Waals surface area contributed by atoms with Crippen LogP contribution in [0.3, 0.4) is 0 Å². The lowest BCUT2D eigenvalue weighted by molar-refractivity contribution is 0.354. The molecular weight excluding hydrogens is 296 g/mol. The molecule has 0 aliphatic heterocycles. The maximum atomic E-state index is 4.71. The Kier molecular flexibility index (Phi) is 4.65. The van der Waals surface area contributed by atoms with Gasteiger partial charge in [0, 0.05) is 13.1 Å². The summed E-state index contributed by atoms with van der Waals surface area (Å²) >= 11 is 0. The Labute approximate surface area is 143 Å². The van der Waals surface area contributed by atoms with Crippen molar-refractivity contribution in [3.05, 3.63) is 78.1 Å². The largest absolute Gasteiger partial charge is 0.331 e. The van der Waals surface area contributed by atoms with E-state index in [-0.39, 0.29) is 5.54 Å². The third-order valence-corrected chi connectivity index (χ3v) is 3.88. The van der Waals surface area contributed by atoms with E-state index in [0.29, 0.717) is 0 Å². The molecule has 0 bridgehead atoms. The molecule has 3 rings (SSSR count). The van der Waals surface area contributed by atoms with E-state index in [1.165, 1.54) is 11.1 Å². The summed E-state index contributed by atoms with van der Waals surface area (Å²) in [4.78, 5) is 6.77. The van der Waals surface area contributed by atoms with Gasteiger partial charge in [0.15, 0.2) is 0 Å². The molecule has 4 heteroatoms. The number of anilines is 1. The molecule has 0 saturated heterocycles. The van der Waals surface area contributed by atoms with Crippen molar-refractivity contribution >= 4 is 5.95 Å². The maximum absolute atomic E-state index is 4.71. The van der Waals surface area contributed by atoms with Gasteiger partial charge in [0.25, 0.3) is 0 Å². The molecule has 0 aliphatic carbocycles. The minimum Gasteiger partial charge on any atom is -0.331 e. The fraction of sp³-hybridized carbons (Fsp3) is 0.300. The van der Waals surface area contributed by atoms with Gasteiger partial charge in [-0.15, -0.1) is 5.10 Å². The summed E-state index contributed by atoms with van der Waals surface area (Å²) in [5, 5.41) is 4.71. The first-order valence-corrected chi connectivity index (χ1v) is 8.27. The second-order valence-corrected chi connectivity index (χ2v) is 6.99. The summed E-state index contributed by atoms with van der Waals surface area (Å²) in [6.07, 6.45) is 1.82. The van der Waals surface area contributed by atoms with E-state index in [4.69, 9.17) is 5.10 Å². The predicted molar refractivity (Wildman–Crippen MR) is 97.8 cm³/mol. The Balaban J connectivity index is 1.88. The van der Waals surface area contributed by atoms with Crippen molar-refractivity contribution in [2.24, 2.45) is 0 Å². The van der Waals surface area contributed by atoms with Crippen LogP contribution in [0.15, 0.2) is 67.0 Å². The van der Waals surface area contributed by atoms with Gasteiger partial charge in [-0.05, 0) is 31.9 Å². The van der Waals surface area contributed by atoms with Gasteiger partial charge in [0.05, 0.1) is 5.54 Å². The van der Waals surface area contributed by atoms with Gasteiger partial charge in [-0.1, -0.05) is 60.7 Å².